The van der Waals surface area contributed by atoms with Gasteiger partial charge in [0.2, 0.25) is 0 Å². The van der Waals surface area contributed by atoms with Gasteiger partial charge in [0, 0.05) is 25.0 Å². The minimum atomic E-state index is -0.189. The Balaban J connectivity index is 0.00000121. The molecule has 4 N–H and O–H groups in total. The Morgan fingerprint density at radius 2 is 2.25 bits per heavy atom. The Morgan fingerprint density at radius 1 is 1.58 bits per heavy atom. The highest BCUT2D eigenvalue weighted by Gasteiger charge is 2.06. The second kappa shape index (κ2) is 5.32. The Labute approximate surface area is 82.5 Å². The van der Waals surface area contributed by atoms with E-state index in [9.17, 15) is 0 Å². The van der Waals surface area contributed by atoms with Crippen molar-refractivity contribution in [2.75, 3.05) is 6.54 Å². The molecule has 5 heteroatoms. The normalized spacial score (nSPS) is 11.9. The van der Waals surface area contributed by atoms with Crippen LogP contribution in [-0.4, -0.2) is 11.5 Å². The summed E-state index contributed by atoms with van der Waals surface area (Å²) in [5.41, 5.74) is 11.9. The van der Waals surface area contributed by atoms with Crippen molar-refractivity contribution in [3.63, 3.8) is 0 Å². The Kier molecular flexibility index (Phi) is 5.17. The van der Waals surface area contributed by atoms with E-state index in [1.165, 1.54) is 0 Å². The zero-order valence-corrected chi connectivity index (χ0v) is 7.98. The molecule has 0 aliphatic heterocycles. The van der Waals surface area contributed by atoms with Crippen LogP contribution in [0.25, 0.3) is 0 Å². The van der Waals surface area contributed by atoms with Gasteiger partial charge in [0.05, 0.1) is 5.02 Å². The van der Waals surface area contributed by atoms with Crippen LogP contribution in [0.4, 0.5) is 0 Å². The lowest BCUT2D eigenvalue weighted by Gasteiger charge is -2.09. The van der Waals surface area contributed by atoms with Gasteiger partial charge in [-0.2, -0.15) is 0 Å². The third-order valence-electron chi connectivity index (χ3n) is 1.46. The van der Waals surface area contributed by atoms with E-state index >= 15 is 0 Å². The van der Waals surface area contributed by atoms with Gasteiger partial charge in [-0.15, -0.1) is 12.4 Å². The summed E-state index contributed by atoms with van der Waals surface area (Å²) in [7, 11) is 0. The lowest BCUT2D eigenvalue weighted by Crippen LogP contribution is -2.21. The van der Waals surface area contributed by atoms with Crippen LogP contribution >= 0.6 is 24.0 Å². The zero-order chi connectivity index (χ0) is 8.27. The van der Waals surface area contributed by atoms with Crippen molar-refractivity contribution in [3.8, 4) is 0 Å². The van der Waals surface area contributed by atoms with E-state index in [1.54, 1.807) is 18.5 Å². The number of nitrogens with two attached hydrogens (primary N) is 2. The lowest BCUT2D eigenvalue weighted by molar-refractivity contribution is 0.736. The number of hydrogen-bond donors (Lipinski definition) is 2. The molecule has 1 heterocycles. The van der Waals surface area contributed by atoms with E-state index in [1.807, 2.05) is 0 Å². The molecule has 0 radical (unpaired) electrons. The molecule has 68 valence electrons. The molecule has 0 aromatic carbocycles. The summed E-state index contributed by atoms with van der Waals surface area (Å²) < 4.78 is 0. The van der Waals surface area contributed by atoms with Crippen molar-refractivity contribution in [3.05, 3.63) is 29.0 Å². The Hall–Kier alpha value is -0.350. The molecule has 1 atom stereocenters. The third kappa shape index (κ3) is 2.60. The number of rotatable bonds is 2. The number of halogens is 2. The molecule has 1 aromatic rings. The molecule has 0 saturated heterocycles. The topological polar surface area (TPSA) is 64.9 Å². The van der Waals surface area contributed by atoms with Crippen molar-refractivity contribution in [1.82, 2.24) is 4.98 Å². The molecule has 0 saturated carbocycles. The lowest BCUT2D eigenvalue weighted by atomic mass is 10.1. The number of nitrogens with zero attached hydrogens (tertiary/aromatic N) is 1. The van der Waals surface area contributed by atoms with E-state index in [0.29, 0.717) is 11.6 Å². The molecule has 0 amide bonds. The summed E-state index contributed by atoms with van der Waals surface area (Å²) in [5.74, 6) is 0. The van der Waals surface area contributed by atoms with Gasteiger partial charge in [-0.3, -0.25) is 4.98 Å². The van der Waals surface area contributed by atoms with Gasteiger partial charge >= 0.3 is 0 Å². The number of hydrogen-bond acceptors (Lipinski definition) is 3. The smallest absolute Gasteiger partial charge is 0.0637 e. The van der Waals surface area contributed by atoms with E-state index in [4.69, 9.17) is 23.1 Å². The predicted octanol–water partition coefficient (Wildman–Crippen LogP) is 1.12. The first-order chi connectivity index (χ1) is 5.25. The molecule has 0 unspecified atom stereocenters. The van der Waals surface area contributed by atoms with Crippen LogP contribution < -0.4 is 11.5 Å². The van der Waals surface area contributed by atoms with E-state index in [2.05, 4.69) is 4.98 Å². The van der Waals surface area contributed by atoms with Gasteiger partial charge in [0.1, 0.15) is 0 Å². The average molecular weight is 208 g/mol. The molecule has 3 nitrogen and oxygen atoms in total. The van der Waals surface area contributed by atoms with Crippen LogP contribution in [0.5, 0.6) is 0 Å². The summed E-state index contributed by atoms with van der Waals surface area (Å²) in [6, 6.07) is 1.59. The van der Waals surface area contributed by atoms with Crippen molar-refractivity contribution in [1.29, 1.82) is 0 Å². The van der Waals surface area contributed by atoms with Gasteiger partial charge in [-0.05, 0) is 11.6 Å². The SMILES string of the molecule is Cl.NC[C@H](N)c1ccncc1Cl. The molecule has 0 aliphatic rings. The summed E-state index contributed by atoms with van der Waals surface area (Å²) in [4.78, 5) is 3.83. The molecule has 1 aromatic heterocycles. The minimum Gasteiger partial charge on any atom is -0.329 e. The Bertz CT molecular complexity index is 242. The first-order valence-corrected chi connectivity index (χ1v) is 3.68. The molecule has 12 heavy (non-hydrogen) atoms. The van der Waals surface area contributed by atoms with Crippen LogP contribution in [0, 0.1) is 0 Å². The fourth-order valence-corrected chi connectivity index (χ4v) is 1.07. The molecular formula is C7H11Cl2N3. The maximum atomic E-state index is 5.80. The third-order valence-corrected chi connectivity index (χ3v) is 1.77. The quantitative estimate of drug-likeness (QED) is 0.765. The van der Waals surface area contributed by atoms with Gasteiger partial charge in [-0.1, -0.05) is 11.6 Å². The van der Waals surface area contributed by atoms with Crippen molar-refractivity contribution < 1.29 is 0 Å². The van der Waals surface area contributed by atoms with Gasteiger partial charge in [0.15, 0.2) is 0 Å². The zero-order valence-electron chi connectivity index (χ0n) is 6.40. The van der Waals surface area contributed by atoms with Crippen LogP contribution in [0.15, 0.2) is 18.5 Å². The summed E-state index contributed by atoms with van der Waals surface area (Å²) in [6.45, 7) is 0.393. The van der Waals surface area contributed by atoms with Gasteiger partial charge in [0.25, 0.3) is 0 Å². The second-order valence-electron chi connectivity index (χ2n) is 2.24. The van der Waals surface area contributed by atoms with E-state index < -0.39 is 0 Å². The predicted molar refractivity (Wildman–Crippen MR) is 52.5 cm³/mol. The van der Waals surface area contributed by atoms with Crippen LogP contribution in [0.2, 0.25) is 5.02 Å². The largest absolute Gasteiger partial charge is 0.329 e. The minimum absolute atomic E-state index is 0. The van der Waals surface area contributed by atoms with Crippen LogP contribution in [0.1, 0.15) is 11.6 Å². The Morgan fingerprint density at radius 3 is 2.75 bits per heavy atom. The highest BCUT2D eigenvalue weighted by atomic mass is 35.5. The summed E-state index contributed by atoms with van der Waals surface area (Å²) in [5, 5.41) is 0.574. The average Bonchev–Trinajstić information content (AvgIpc) is 2.04. The maximum Gasteiger partial charge on any atom is 0.0637 e. The van der Waals surface area contributed by atoms with Crippen molar-refractivity contribution in [2.45, 2.75) is 6.04 Å². The second-order valence-corrected chi connectivity index (χ2v) is 2.65. The van der Waals surface area contributed by atoms with Gasteiger partial charge < -0.3 is 11.5 Å². The van der Waals surface area contributed by atoms with Crippen LogP contribution in [-0.2, 0) is 0 Å². The molecule has 0 bridgehead atoms. The first kappa shape index (κ1) is 11.6. The molecular weight excluding hydrogens is 197 g/mol. The molecule has 1 rings (SSSR count). The maximum absolute atomic E-state index is 5.80. The van der Waals surface area contributed by atoms with Gasteiger partial charge in [-0.25, -0.2) is 0 Å². The van der Waals surface area contributed by atoms with Crippen molar-refractivity contribution >= 4 is 24.0 Å². The fourth-order valence-electron chi connectivity index (χ4n) is 0.814. The highest BCUT2D eigenvalue weighted by Crippen LogP contribution is 2.18. The molecule has 0 spiro atoms. The molecule has 0 fully saturated rings. The van der Waals surface area contributed by atoms with Crippen LogP contribution in [0.3, 0.4) is 0 Å². The monoisotopic (exact) mass is 207 g/mol. The standard InChI is InChI=1S/C7H10ClN3.ClH/c8-6-4-11-2-1-5(6)7(10)3-9;/h1-2,4,7H,3,9-10H2;1H/t7-;/m0./s1. The number of aromatic nitrogens is 1. The number of pyridine rings is 1. The summed E-state index contributed by atoms with van der Waals surface area (Å²) >= 11 is 5.80. The summed E-state index contributed by atoms with van der Waals surface area (Å²) in [6.07, 6.45) is 3.21. The molecule has 0 aliphatic carbocycles. The van der Waals surface area contributed by atoms with E-state index in [-0.39, 0.29) is 18.4 Å². The first-order valence-electron chi connectivity index (χ1n) is 3.30. The van der Waals surface area contributed by atoms with Crippen molar-refractivity contribution in [2.24, 2.45) is 11.5 Å². The fraction of sp³-hybridized carbons (Fsp3) is 0.286. The highest BCUT2D eigenvalue weighted by molar-refractivity contribution is 6.31. The van der Waals surface area contributed by atoms with E-state index in [0.717, 1.165) is 5.56 Å².